The van der Waals surface area contributed by atoms with Crippen LogP contribution in [0.25, 0.3) is 0 Å². The zero-order chi connectivity index (χ0) is 14.7. The number of benzene rings is 1. The minimum atomic E-state index is 0.753. The van der Waals surface area contributed by atoms with Gasteiger partial charge in [0.2, 0.25) is 0 Å². The predicted octanol–water partition coefficient (Wildman–Crippen LogP) is 3.03. The Morgan fingerprint density at radius 1 is 1.29 bits per heavy atom. The summed E-state index contributed by atoms with van der Waals surface area (Å²) in [7, 11) is 1.96. The Balaban J connectivity index is 2.03. The fourth-order valence-electron chi connectivity index (χ4n) is 2.73. The molecule has 21 heavy (non-hydrogen) atoms. The van der Waals surface area contributed by atoms with Crippen molar-refractivity contribution in [2.75, 3.05) is 25.1 Å². The van der Waals surface area contributed by atoms with Crippen LogP contribution in [0, 0.1) is 6.92 Å². The van der Waals surface area contributed by atoms with Crippen LogP contribution < -0.4 is 15.0 Å². The van der Waals surface area contributed by atoms with E-state index >= 15 is 0 Å². The first-order chi connectivity index (χ1) is 10.3. The Morgan fingerprint density at radius 3 is 3.00 bits per heavy atom. The van der Waals surface area contributed by atoms with Gasteiger partial charge in [-0.1, -0.05) is 12.1 Å². The van der Waals surface area contributed by atoms with E-state index in [0.717, 1.165) is 49.1 Å². The van der Waals surface area contributed by atoms with Gasteiger partial charge in [0.15, 0.2) is 0 Å². The topological polar surface area (TPSA) is 37.4 Å². The Hall–Kier alpha value is -2.07. The van der Waals surface area contributed by atoms with Crippen molar-refractivity contribution in [1.29, 1.82) is 0 Å². The van der Waals surface area contributed by atoms with E-state index in [1.165, 1.54) is 5.56 Å². The monoisotopic (exact) mass is 283 g/mol. The molecule has 1 N–H and O–H groups in total. The van der Waals surface area contributed by atoms with Gasteiger partial charge in [0.25, 0.3) is 0 Å². The normalized spacial score (nSPS) is 14.3. The Bertz CT molecular complexity index is 627. The van der Waals surface area contributed by atoms with E-state index in [0.29, 0.717) is 0 Å². The first-order valence-electron chi connectivity index (χ1n) is 7.39. The molecule has 0 saturated carbocycles. The van der Waals surface area contributed by atoms with Crippen LogP contribution >= 0.6 is 0 Å². The summed E-state index contributed by atoms with van der Waals surface area (Å²) < 4.78 is 5.83. The molecule has 1 aromatic carbocycles. The number of nitrogens with zero attached hydrogens (tertiary/aromatic N) is 2. The average molecular weight is 283 g/mol. The van der Waals surface area contributed by atoms with Crippen molar-refractivity contribution in [3.8, 4) is 5.75 Å². The van der Waals surface area contributed by atoms with Crippen molar-refractivity contribution in [2.24, 2.45) is 0 Å². The van der Waals surface area contributed by atoms with E-state index < -0.39 is 0 Å². The van der Waals surface area contributed by atoms with Gasteiger partial charge in [0.05, 0.1) is 12.3 Å². The molecule has 0 fully saturated rings. The average Bonchev–Trinajstić information content (AvgIpc) is 2.69. The van der Waals surface area contributed by atoms with Gasteiger partial charge in [-0.15, -0.1) is 0 Å². The number of hydrogen-bond donors (Lipinski definition) is 1. The number of pyridine rings is 1. The number of ether oxygens (including phenoxy) is 1. The van der Waals surface area contributed by atoms with E-state index in [1.54, 1.807) is 0 Å². The van der Waals surface area contributed by atoms with Crippen molar-refractivity contribution in [1.82, 2.24) is 10.3 Å². The summed E-state index contributed by atoms with van der Waals surface area (Å²) in [6.07, 6.45) is 0.992. The van der Waals surface area contributed by atoms with Gasteiger partial charge in [-0.3, -0.25) is 0 Å². The van der Waals surface area contributed by atoms with E-state index in [4.69, 9.17) is 9.72 Å². The molecule has 110 valence electrons. The van der Waals surface area contributed by atoms with Gasteiger partial charge < -0.3 is 15.0 Å². The van der Waals surface area contributed by atoms with Gasteiger partial charge in [0, 0.05) is 18.8 Å². The lowest BCUT2D eigenvalue weighted by atomic mass is 10.2. The molecule has 4 heteroatoms. The van der Waals surface area contributed by atoms with Crippen molar-refractivity contribution in [3.05, 3.63) is 47.7 Å². The molecule has 1 aliphatic heterocycles. The zero-order valence-electron chi connectivity index (χ0n) is 12.6. The largest absolute Gasteiger partial charge is 0.491 e. The van der Waals surface area contributed by atoms with Crippen molar-refractivity contribution in [2.45, 2.75) is 19.9 Å². The highest BCUT2D eigenvalue weighted by molar-refractivity contribution is 5.68. The summed E-state index contributed by atoms with van der Waals surface area (Å²) in [6, 6.07) is 12.5. The van der Waals surface area contributed by atoms with Gasteiger partial charge in [-0.25, -0.2) is 4.98 Å². The Kier molecular flexibility index (Phi) is 4.06. The molecule has 0 amide bonds. The van der Waals surface area contributed by atoms with Crippen LogP contribution in [0.15, 0.2) is 36.4 Å². The van der Waals surface area contributed by atoms with Crippen LogP contribution in [0.4, 0.5) is 11.5 Å². The van der Waals surface area contributed by atoms with E-state index in [1.807, 2.05) is 32.2 Å². The molecular formula is C17H21N3O. The first-order valence-corrected chi connectivity index (χ1v) is 7.39. The predicted molar refractivity (Wildman–Crippen MR) is 85.3 cm³/mol. The summed E-state index contributed by atoms with van der Waals surface area (Å²) in [6.45, 7) is 4.57. The first kappa shape index (κ1) is 13.9. The lowest BCUT2D eigenvalue weighted by Gasteiger charge is -2.23. The summed E-state index contributed by atoms with van der Waals surface area (Å²) >= 11 is 0. The molecule has 4 nitrogen and oxygen atoms in total. The number of nitrogens with one attached hydrogen (secondary N) is 1. The minimum absolute atomic E-state index is 0.753. The Labute approximate surface area is 125 Å². The standard InChI is InChI=1S/C17H21N3O/c1-13-10-14(12-18-2)11-17(19-13)20-8-5-9-21-16-7-4-3-6-15(16)20/h3-4,6-7,10-11,18H,5,8-9,12H2,1-2H3. The number of para-hydroxylation sites is 2. The number of fused-ring (bicyclic) bond motifs is 1. The number of aryl methyl sites for hydroxylation is 1. The summed E-state index contributed by atoms with van der Waals surface area (Å²) in [5, 5.41) is 3.20. The molecule has 3 rings (SSSR count). The third kappa shape index (κ3) is 3.00. The van der Waals surface area contributed by atoms with Crippen molar-refractivity contribution in [3.63, 3.8) is 0 Å². The highest BCUT2D eigenvalue weighted by Gasteiger charge is 2.18. The summed E-state index contributed by atoms with van der Waals surface area (Å²) in [4.78, 5) is 6.98. The maximum atomic E-state index is 5.83. The molecule has 2 aromatic rings. The third-order valence-corrected chi connectivity index (χ3v) is 3.60. The van der Waals surface area contributed by atoms with Crippen LogP contribution in [0.3, 0.4) is 0 Å². The molecule has 0 spiro atoms. The van der Waals surface area contributed by atoms with Gasteiger partial charge >= 0.3 is 0 Å². The lowest BCUT2D eigenvalue weighted by Crippen LogP contribution is -2.20. The highest BCUT2D eigenvalue weighted by Crippen LogP contribution is 2.35. The fourth-order valence-corrected chi connectivity index (χ4v) is 2.73. The highest BCUT2D eigenvalue weighted by atomic mass is 16.5. The van der Waals surface area contributed by atoms with Crippen LogP contribution in [-0.4, -0.2) is 25.2 Å². The second kappa shape index (κ2) is 6.14. The molecule has 1 aliphatic rings. The number of aromatic nitrogens is 1. The maximum Gasteiger partial charge on any atom is 0.142 e. The van der Waals surface area contributed by atoms with Gasteiger partial charge in [0.1, 0.15) is 11.6 Å². The van der Waals surface area contributed by atoms with Crippen LogP contribution in [0.1, 0.15) is 17.7 Å². The van der Waals surface area contributed by atoms with Crippen LogP contribution in [-0.2, 0) is 6.54 Å². The second-order valence-electron chi connectivity index (χ2n) is 5.33. The molecule has 0 bridgehead atoms. The second-order valence-corrected chi connectivity index (χ2v) is 5.33. The smallest absolute Gasteiger partial charge is 0.142 e. The zero-order valence-corrected chi connectivity index (χ0v) is 12.6. The van der Waals surface area contributed by atoms with E-state index in [9.17, 15) is 0 Å². The molecule has 0 aliphatic carbocycles. The lowest BCUT2D eigenvalue weighted by molar-refractivity contribution is 0.322. The molecule has 2 heterocycles. The molecule has 0 unspecified atom stereocenters. The van der Waals surface area contributed by atoms with Crippen molar-refractivity contribution >= 4 is 11.5 Å². The SMILES string of the molecule is CNCc1cc(C)nc(N2CCCOc3ccccc32)c1. The molecule has 0 radical (unpaired) electrons. The third-order valence-electron chi connectivity index (χ3n) is 3.60. The molecule has 1 aromatic heterocycles. The number of hydrogen-bond acceptors (Lipinski definition) is 4. The van der Waals surface area contributed by atoms with Crippen LogP contribution in [0.5, 0.6) is 5.75 Å². The molecular weight excluding hydrogens is 262 g/mol. The summed E-state index contributed by atoms with van der Waals surface area (Å²) in [5.74, 6) is 1.94. The molecule has 0 atom stereocenters. The van der Waals surface area contributed by atoms with E-state index in [2.05, 4.69) is 28.4 Å². The number of anilines is 2. The quantitative estimate of drug-likeness (QED) is 0.939. The van der Waals surface area contributed by atoms with Gasteiger partial charge in [-0.2, -0.15) is 0 Å². The van der Waals surface area contributed by atoms with Crippen molar-refractivity contribution < 1.29 is 4.74 Å². The summed E-state index contributed by atoms with van der Waals surface area (Å²) in [5.41, 5.74) is 3.39. The molecule has 0 saturated heterocycles. The minimum Gasteiger partial charge on any atom is -0.491 e. The van der Waals surface area contributed by atoms with Crippen LogP contribution in [0.2, 0.25) is 0 Å². The van der Waals surface area contributed by atoms with E-state index in [-0.39, 0.29) is 0 Å². The Morgan fingerprint density at radius 2 is 2.14 bits per heavy atom. The van der Waals surface area contributed by atoms with Gasteiger partial charge in [-0.05, 0) is 50.2 Å². The number of rotatable bonds is 3. The fraction of sp³-hybridized carbons (Fsp3) is 0.353. The maximum absolute atomic E-state index is 5.83.